The van der Waals surface area contributed by atoms with Crippen LogP contribution in [-0.2, 0) is 4.74 Å². The van der Waals surface area contributed by atoms with Gasteiger partial charge in [0.25, 0.3) is 0 Å². The molecule has 0 saturated carbocycles. The minimum absolute atomic E-state index is 0.0649. The van der Waals surface area contributed by atoms with Gasteiger partial charge in [-0.1, -0.05) is 6.07 Å². The minimum Gasteiger partial charge on any atom is -0.379 e. The minimum atomic E-state index is 0.0649. The number of hydrogen-bond donors (Lipinski definition) is 1. The summed E-state index contributed by atoms with van der Waals surface area (Å²) in [5.74, 6) is 0. The van der Waals surface area contributed by atoms with Crippen molar-refractivity contribution in [2.24, 2.45) is 0 Å². The summed E-state index contributed by atoms with van der Waals surface area (Å²) in [4.78, 5) is 9.46. The number of morpholine rings is 1. The Morgan fingerprint density at radius 3 is 2.72 bits per heavy atom. The van der Waals surface area contributed by atoms with Gasteiger partial charge in [-0.15, -0.1) is 0 Å². The van der Waals surface area contributed by atoms with Gasteiger partial charge >= 0.3 is 0 Å². The molecular weight excluding hydrogens is 382 g/mol. The molecule has 4 heterocycles. The largest absolute Gasteiger partial charge is 0.379 e. The van der Waals surface area contributed by atoms with Crippen LogP contribution in [0, 0.1) is 0 Å². The summed E-state index contributed by atoms with van der Waals surface area (Å²) >= 11 is 5.77. The lowest BCUT2D eigenvalue weighted by Crippen LogP contribution is -2.38. The predicted octanol–water partition coefficient (Wildman–Crippen LogP) is 3.16. The Bertz CT molecular complexity index is 803. The van der Waals surface area contributed by atoms with Gasteiger partial charge < -0.3 is 19.5 Å². The molecule has 2 saturated heterocycles. The number of ether oxygens (including phenoxy) is 1. The number of nitrogens with zero attached hydrogens (tertiary/aromatic N) is 4. The molecule has 0 amide bonds. The molecule has 2 aromatic heterocycles. The molecule has 4 rings (SSSR count). The van der Waals surface area contributed by atoms with E-state index in [0.717, 1.165) is 56.6 Å². The molecular formula is C22H31N5OS. The molecule has 2 atom stereocenters. The van der Waals surface area contributed by atoms with Crippen LogP contribution in [0.4, 0.5) is 0 Å². The molecule has 29 heavy (non-hydrogen) atoms. The van der Waals surface area contributed by atoms with Crippen molar-refractivity contribution in [2.75, 3.05) is 39.4 Å². The van der Waals surface area contributed by atoms with Gasteiger partial charge in [-0.05, 0) is 56.2 Å². The van der Waals surface area contributed by atoms with Crippen LogP contribution < -0.4 is 5.32 Å². The predicted molar refractivity (Wildman–Crippen MR) is 119 cm³/mol. The summed E-state index contributed by atoms with van der Waals surface area (Å²) in [7, 11) is 0. The SMILES string of the molecule is CC(C)n1ccc([C@@H]2[C@H](c3ccccn3)NC(=S)N2CCCN2CCOCC2)c1. The second-order valence-electron chi connectivity index (χ2n) is 8.11. The fourth-order valence-corrected chi connectivity index (χ4v) is 4.56. The molecule has 0 bridgehead atoms. The molecule has 7 heteroatoms. The highest BCUT2D eigenvalue weighted by Crippen LogP contribution is 2.38. The van der Waals surface area contributed by atoms with Gasteiger partial charge in [0.2, 0.25) is 0 Å². The van der Waals surface area contributed by atoms with Crippen molar-refractivity contribution < 1.29 is 4.74 Å². The first-order valence-corrected chi connectivity index (χ1v) is 11.0. The van der Waals surface area contributed by atoms with Crippen molar-refractivity contribution in [3.8, 4) is 0 Å². The van der Waals surface area contributed by atoms with Crippen molar-refractivity contribution in [1.29, 1.82) is 0 Å². The Morgan fingerprint density at radius 1 is 1.21 bits per heavy atom. The first-order chi connectivity index (χ1) is 14.1. The van der Waals surface area contributed by atoms with Crippen LogP contribution in [0.1, 0.15) is 49.7 Å². The lowest BCUT2D eigenvalue weighted by molar-refractivity contribution is 0.0365. The van der Waals surface area contributed by atoms with E-state index in [9.17, 15) is 0 Å². The van der Waals surface area contributed by atoms with E-state index >= 15 is 0 Å². The fourth-order valence-electron chi connectivity index (χ4n) is 4.23. The highest BCUT2D eigenvalue weighted by molar-refractivity contribution is 7.80. The first kappa shape index (κ1) is 20.3. The molecule has 0 radical (unpaired) electrons. The molecule has 0 spiro atoms. The smallest absolute Gasteiger partial charge is 0.170 e. The first-order valence-electron chi connectivity index (χ1n) is 10.6. The zero-order valence-electron chi connectivity index (χ0n) is 17.3. The molecule has 2 fully saturated rings. The monoisotopic (exact) mass is 413 g/mol. The third-order valence-corrected chi connectivity index (χ3v) is 6.20. The van der Waals surface area contributed by atoms with Gasteiger partial charge in [0.1, 0.15) is 0 Å². The molecule has 156 valence electrons. The molecule has 0 unspecified atom stereocenters. The second-order valence-corrected chi connectivity index (χ2v) is 8.50. The van der Waals surface area contributed by atoms with E-state index in [1.165, 1.54) is 5.56 Å². The molecule has 2 aromatic rings. The molecule has 0 aromatic carbocycles. The molecule has 0 aliphatic carbocycles. The van der Waals surface area contributed by atoms with Crippen molar-refractivity contribution in [2.45, 2.75) is 38.4 Å². The maximum absolute atomic E-state index is 5.77. The second kappa shape index (κ2) is 9.24. The van der Waals surface area contributed by atoms with Crippen molar-refractivity contribution >= 4 is 17.3 Å². The van der Waals surface area contributed by atoms with Gasteiger partial charge in [0, 0.05) is 50.8 Å². The quantitative estimate of drug-likeness (QED) is 0.704. The Morgan fingerprint density at radius 2 is 2.03 bits per heavy atom. The molecule has 6 nitrogen and oxygen atoms in total. The van der Waals surface area contributed by atoms with Crippen LogP contribution in [0.15, 0.2) is 42.9 Å². The van der Waals surface area contributed by atoms with Crippen LogP contribution in [-0.4, -0.2) is 63.9 Å². The number of hydrogen-bond acceptors (Lipinski definition) is 4. The van der Waals surface area contributed by atoms with Gasteiger partial charge in [-0.3, -0.25) is 9.88 Å². The van der Waals surface area contributed by atoms with Gasteiger partial charge in [0.05, 0.1) is 31.0 Å². The van der Waals surface area contributed by atoms with Crippen LogP contribution in [0.5, 0.6) is 0 Å². The summed E-state index contributed by atoms with van der Waals surface area (Å²) in [5.41, 5.74) is 2.32. The Labute approximate surface area is 178 Å². The number of pyridine rings is 1. The third-order valence-electron chi connectivity index (χ3n) is 5.85. The Kier molecular flexibility index (Phi) is 6.47. The Hall–Kier alpha value is -1.96. The fraction of sp³-hybridized carbons (Fsp3) is 0.545. The van der Waals surface area contributed by atoms with Crippen LogP contribution >= 0.6 is 12.2 Å². The van der Waals surface area contributed by atoms with Crippen LogP contribution in [0.2, 0.25) is 0 Å². The Balaban J connectivity index is 1.53. The maximum Gasteiger partial charge on any atom is 0.170 e. The van der Waals surface area contributed by atoms with Crippen molar-refractivity contribution in [3.63, 3.8) is 0 Å². The van der Waals surface area contributed by atoms with Gasteiger partial charge in [-0.2, -0.15) is 0 Å². The van der Waals surface area contributed by atoms with E-state index in [1.807, 2.05) is 18.3 Å². The van der Waals surface area contributed by atoms with E-state index in [4.69, 9.17) is 17.0 Å². The number of nitrogens with one attached hydrogen (secondary N) is 1. The van der Waals surface area contributed by atoms with E-state index in [2.05, 4.69) is 63.0 Å². The zero-order chi connectivity index (χ0) is 20.2. The standard InChI is InChI=1S/C22H31N5OS/c1-17(2)26-11-7-18(16-26)21-20(19-6-3-4-8-23-19)24-22(29)27(21)10-5-9-25-12-14-28-15-13-25/h3-4,6-8,11,16-17,20-21H,5,9-10,12-15H2,1-2H3,(H,24,29)/t20-,21+/m0/s1. The normalized spacial score (nSPS) is 23.0. The molecule has 1 N–H and O–H groups in total. The van der Waals surface area contributed by atoms with Crippen molar-refractivity contribution in [3.05, 3.63) is 54.1 Å². The topological polar surface area (TPSA) is 45.6 Å². The van der Waals surface area contributed by atoms with E-state index in [0.29, 0.717) is 6.04 Å². The number of rotatable bonds is 7. The average Bonchev–Trinajstić information content (AvgIpc) is 3.35. The van der Waals surface area contributed by atoms with E-state index in [1.54, 1.807) is 0 Å². The summed E-state index contributed by atoms with van der Waals surface area (Å²) in [5, 5.41) is 4.37. The van der Waals surface area contributed by atoms with Gasteiger partial charge in [-0.25, -0.2) is 0 Å². The third kappa shape index (κ3) is 4.63. The maximum atomic E-state index is 5.77. The lowest BCUT2D eigenvalue weighted by atomic mass is 9.99. The summed E-state index contributed by atoms with van der Waals surface area (Å²) in [6.07, 6.45) is 7.37. The summed E-state index contributed by atoms with van der Waals surface area (Å²) in [6.45, 7) is 10.2. The van der Waals surface area contributed by atoms with E-state index < -0.39 is 0 Å². The number of aromatic nitrogens is 2. The van der Waals surface area contributed by atoms with Crippen molar-refractivity contribution in [1.82, 2.24) is 24.7 Å². The lowest BCUT2D eigenvalue weighted by Gasteiger charge is -2.30. The molecule has 2 aliphatic rings. The van der Waals surface area contributed by atoms with Crippen LogP contribution in [0.25, 0.3) is 0 Å². The molecule has 2 aliphatic heterocycles. The highest BCUT2D eigenvalue weighted by atomic mass is 32.1. The summed E-state index contributed by atoms with van der Waals surface area (Å²) in [6, 6.07) is 8.98. The average molecular weight is 414 g/mol. The van der Waals surface area contributed by atoms with Crippen LogP contribution in [0.3, 0.4) is 0 Å². The van der Waals surface area contributed by atoms with E-state index in [-0.39, 0.29) is 12.1 Å². The summed E-state index contributed by atoms with van der Waals surface area (Å²) < 4.78 is 7.73. The number of thiocarbonyl (C=S) groups is 1. The zero-order valence-corrected chi connectivity index (χ0v) is 18.1. The highest BCUT2D eigenvalue weighted by Gasteiger charge is 2.39. The van der Waals surface area contributed by atoms with Gasteiger partial charge in [0.15, 0.2) is 5.11 Å².